The molecule has 34 heavy (non-hydrogen) atoms. The Labute approximate surface area is 195 Å². The van der Waals surface area contributed by atoms with Gasteiger partial charge in [0.25, 0.3) is 0 Å². The lowest BCUT2D eigenvalue weighted by molar-refractivity contribution is -0.138. The second-order valence-electron chi connectivity index (χ2n) is 9.25. The van der Waals surface area contributed by atoms with Crippen LogP contribution in [0.25, 0.3) is 11.3 Å². The van der Waals surface area contributed by atoms with E-state index in [2.05, 4.69) is 10.5 Å². The highest BCUT2D eigenvalue weighted by Crippen LogP contribution is 2.46. The molecule has 0 unspecified atom stereocenters. The maximum absolute atomic E-state index is 13.4. The van der Waals surface area contributed by atoms with E-state index in [0.29, 0.717) is 12.1 Å². The Hall–Kier alpha value is -3.29. The van der Waals surface area contributed by atoms with Crippen molar-refractivity contribution in [3.05, 3.63) is 71.4 Å². The molecule has 2 fully saturated rings. The van der Waals surface area contributed by atoms with Crippen molar-refractivity contribution >= 4 is 5.91 Å². The zero-order valence-corrected chi connectivity index (χ0v) is 18.4. The van der Waals surface area contributed by atoms with Gasteiger partial charge in [0, 0.05) is 17.9 Å². The number of carbonyl (C=O) groups is 1. The van der Waals surface area contributed by atoms with Gasteiger partial charge in [-0.1, -0.05) is 48.0 Å². The number of phenols is 1. The number of phenolic OH excluding ortho intramolecular Hbond substituents is 1. The summed E-state index contributed by atoms with van der Waals surface area (Å²) in [6.45, 7) is 0. The van der Waals surface area contributed by atoms with Crippen molar-refractivity contribution in [2.75, 3.05) is 0 Å². The molecule has 2 aromatic carbocycles. The van der Waals surface area contributed by atoms with E-state index in [1.807, 2.05) is 30.3 Å². The van der Waals surface area contributed by atoms with Crippen molar-refractivity contribution in [1.82, 2.24) is 10.5 Å². The molecule has 2 aliphatic carbocycles. The van der Waals surface area contributed by atoms with E-state index in [1.165, 1.54) is 12.1 Å². The molecule has 0 bridgehead atoms. The first-order chi connectivity index (χ1) is 16.3. The first-order valence-electron chi connectivity index (χ1n) is 11.5. The lowest BCUT2D eigenvalue weighted by Gasteiger charge is -2.44. The van der Waals surface area contributed by atoms with Crippen LogP contribution in [0.5, 0.6) is 5.75 Å². The molecular formula is C26H25F3N2O3. The van der Waals surface area contributed by atoms with Crippen molar-refractivity contribution in [1.29, 1.82) is 0 Å². The number of nitrogens with one attached hydrogen (secondary N) is 1. The number of aromatic hydroxyl groups is 1. The summed E-state index contributed by atoms with van der Waals surface area (Å²) in [7, 11) is 0. The molecule has 2 N–H and O–H groups in total. The monoisotopic (exact) mass is 470 g/mol. The van der Waals surface area contributed by atoms with Crippen LogP contribution in [-0.2, 0) is 16.5 Å². The highest BCUT2D eigenvalue weighted by molar-refractivity contribution is 5.81. The number of aromatic nitrogens is 1. The second-order valence-corrected chi connectivity index (χ2v) is 9.25. The Morgan fingerprint density at radius 1 is 1.06 bits per heavy atom. The quantitative estimate of drug-likeness (QED) is 0.469. The van der Waals surface area contributed by atoms with Gasteiger partial charge in [0.1, 0.15) is 5.75 Å². The smallest absolute Gasteiger partial charge is 0.419 e. The topological polar surface area (TPSA) is 75.4 Å². The highest BCUT2D eigenvalue weighted by atomic mass is 19.4. The number of halogens is 3. The van der Waals surface area contributed by atoms with Crippen molar-refractivity contribution < 1.29 is 27.6 Å². The second kappa shape index (κ2) is 8.49. The third-order valence-electron chi connectivity index (χ3n) is 7.26. The van der Waals surface area contributed by atoms with Gasteiger partial charge in [-0.25, -0.2) is 0 Å². The van der Waals surface area contributed by atoms with Crippen LogP contribution in [0.15, 0.2) is 59.1 Å². The molecule has 0 saturated heterocycles. The maximum Gasteiger partial charge on any atom is 0.419 e. The molecule has 3 aromatic rings. The van der Waals surface area contributed by atoms with E-state index >= 15 is 0 Å². The van der Waals surface area contributed by atoms with Crippen molar-refractivity contribution in [2.24, 2.45) is 5.92 Å². The predicted molar refractivity (Wildman–Crippen MR) is 119 cm³/mol. The lowest BCUT2D eigenvalue weighted by Crippen LogP contribution is -2.52. The SMILES string of the molecule is O=C(NC1(c2ccccc2)CCC1)[C@@H]1CCC[C@H]1c1cc(-c2cccc(C(F)(F)F)c2O)on1. The molecule has 2 aliphatic rings. The largest absolute Gasteiger partial charge is 0.507 e. The number of carbonyl (C=O) groups excluding carboxylic acids is 1. The third-order valence-corrected chi connectivity index (χ3v) is 7.26. The highest BCUT2D eigenvalue weighted by Gasteiger charge is 2.44. The number of amides is 1. The molecule has 1 amide bonds. The van der Waals surface area contributed by atoms with Crippen LogP contribution in [0.2, 0.25) is 0 Å². The predicted octanol–water partition coefficient (Wildman–Crippen LogP) is 6.15. The number of nitrogens with zero attached hydrogens (tertiary/aromatic N) is 1. The van der Waals surface area contributed by atoms with E-state index in [9.17, 15) is 23.1 Å². The fraction of sp³-hybridized carbons (Fsp3) is 0.385. The van der Waals surface area contributed by atoms with Crippen LogP contribution in [-0.4, -0.2) is 16.2 Å². The van der Waals surface area contributed by atoms with Gasteiger partial charge in [0.2, 0.25) is 5.91 Å². The molecular weight excluding hydrogens is 445 g/mol. The number of benzene rings is 2. The summed E-state index contributed by atoms with van der Waals surface area (Å²) in [4.78, 5) is 13.4. The zero-order chi connectivity index (χ0) is 23.9. The van der Waals surface area contributed by atoms with E-state index in [4.69, 9.17) is 4.52 Å². The Balaban J connectivity index is 1.37. The van der Waals surface area contributed by atoms with E-state index < -0.39 is 17.5 Å². The normalized spacial score (nSPS) is 21.7. The molecule has 0 radical (unpaired) electrons. The minimum atomic E-state index is -4.69. The van der Waals surface area contributed by atoms with Crippen molar-refractivity contribution in [2.45, 2.75) is 56.2 Å². The minimum Gasteiger partial charge on any atom is -0.507 e. The van der Waals surface area contributed by atoms with Crippen LogP contribution < -0.4 is 5.32 Å². The van der Waals surface area contributed by atoms with Crippen LogP contribution in [0.3, 0.4) is 0 Å². The van der Waals surface area contributed by atoms with E-state index in [1.54, 1.807) is 6.07 Å². The number of hydrogen-bond acceptors (Lipinski definition) is 4. The van der Waals surface area contributed by atoms with E-state index in [0.717, 1.165) is 43.7 Å². The third kappa shape index (κ3) is 3.95. The molecule has 2 atom stereocenters. The number of alkyl halides is 3. The Morgan fingerprint density at radius 2 is 1.82 bits per heavy atom. The van der Waals surface area contributed by atoms with Gasteiger partial charge in [0.15, 0.2) is 5.76 Å². The zero-order valence-electron chi connectivity index (χ0n) is 18.4. The van der Waals surface area contributed by atoms with Crippen molar-refractivity contribution in [3.8, 4) is 17.1 Å². The number of hydrogen-bond donors (Lipinski definition) is 2. The molecule has 5 rings (SSSR count). The Morgan fingerprint density at radius 3 is 2.50 bits per heavy atom. The fourth-order valence-electron chi connectivity index (χ4n) is 5.29. The molecule has 2 saturated carbocycles. The molecule has 8 heteroatoms. The average Bonchev–Trinajstić information content (AvgIpc) is 3.46. The Kier molecular flexibility index (Phi) is 5.62. The van der Waals surface area contributed by atoms with Gasteiger partial charge >= 0.3 is 6.18 Å². The van der Waals surface area contributed by atoms with Crippen molar-refractivity contribution in [3.63, 3.8) is 0 Å². The molecule has 1 heterocycles. The standard InChI is InChI=1S/C26H25F3N2O3/c27-26(28,29)20-12-5-11-19(23(20)32)22-15-21(31-34-22)17-9-4-10-18(17)24(33)30-25(13-6-14-25)16-7-2-1-3-8-16/h1-3,5,7-8,11-12,15,17-18,32H,4,6,9-10,13-14H2,(H,30,33)/t17-,18-/m1/s1. The van der Waals surface area contributed by atoms with Gasteiger partial charge in [-0.3, -0.25) is 4.79 Å². The Bertz CT molecular complexity index is 1190. The summed E-state index contributed by atoms with van der Waals surface area (Å²) in [6, 6.07) is 14.9. The molecule has 1 aromatic heterocycles. The van der Waals surface area contributed by atoms with Gasteiger partial charge in [-0.05, 0) is 49.8 Å². The molecule has 178 valence electrons. The summed E-state index contributed by atoms with van der Waals surface area (Å²) in [5, 5.41) is 17.6. The first-order valence-corrected chi connectivity index (χ1v) is 11.5. The number of para-hydroxylation sites is 1. The molecule has 5 nitrogen and oxygen atoms in total. The number of rotatable bonds is 5. The van der Waals surface area contributed by atoms with Gasteiger partial charge in [-0.2, -0.15) is 13.2 Å². The van der Waals surface area contributed by atoms with Gasteiger partial charge < -0.3 is 14.9 Å². The minimum absolute atomic E-state index is 0.0301. The van der Waals surface area contributed by atoms with Crippen LogP contribution in [0.1, 0.15) is 61.3 Å². The van der Waals surface area contributed by atoms with Crippen LogP contribution in [0, 0.1) is 5.92 Å². The van der Waals surface area contributed by atoms with Gasteiger partial charge in [0.05, 0.1) is 22.4 Å². The van der Waals surface area contributed by atoms with E-state index in [-0.39, 0.29) is 34.6 Å². The maximum atomic E-state index is 13.4. The summed E-state index contributed by atoms with van der Waals surface area (Å²) in [6.07, 6.45) is 0.434. The molecule has 0 aliphatic heterocycles. The van der Waals surface area contributed by atoms with Crippen LogP contribution >= 0.6 is 0 Å². The first kappa shape index (κ1) is 22.5. The summed E-state index contributed by atoms with van der Waals surface area (Å²) < 4.78 is 44.9. The fourth-order valence-corrected chi connectivity index (χ4v) is 5.29. The summed E-state index contributed by atoms with van der Waals surface area (Å²) in [5.74, 6) is -1.37. The molecule has 0 spiro atoms. The average molecular weight is 470 g/mol. The summed E-state index contributed by atoms with van der Waals surface area (Å²) in [5.41, 5.74) is 0.0715. The van der Waals surface area contributed by atoms with Gasteiger partial charge in [-0.15, -0.1) is 0 Å². The van der Waals surface area contributed by atoms with Crippen LogP contribution in [0.4, 0.5) is 13.2 Å². The summed E-state index contributed by atoms with van der Waals surface area (Å²) >= 11 is 0. The lowest BCUT2D eigenvalue weighted by atomic mass is 9.71.